The lowest BCUT2D eigenvalue weighted by Gasteiger charge is -2.08. The topological polar surface area (TPSA) is 59.6 Å². The molecule has 0 bridgehead atoms. The number of para-hydroxylation sites is 2. The van der Waals surface area contributed by atoms with Crippen LogP contribution in [-0.4, -0.2) is 30.5 Å². The zero-order chi connectivity index (χ0) is 15.5. The molecule has 0 aromatic heterocycles. The Kier molecular flexibility index (Phi) is 7.45. The smallest absolute Gasteiger partial charge is 0.304 e. The van der Waals surface area contributed by atoms with E-state index >= 15 is 0 Å². The number of nitrogens with one attached hydrogen (secondary N) is 2. The highest BCUT2D eigenvalue weighted by atomic mass is 32.2. The van der Waals surface area contributed by atoms with Crippen molar-refractivity contribution in [1.82, 2.24) is 0 Å². The molecule has 2 N–H and O–H groups in total. The molecule has 0 spiro atoms. The van der Waals surface area contributed by atoms with Crippen LogP contribution in [0.25, 0.3) is 0 Å². The molecule has 0 radical (unpaired) electrons. The second-order valence-electron chi connectivity index (χ2n) is 4.43. The second-order valence-corrected chi connectivity index (χ2v) is 5.31. The summed E-state index contributed by atoms with van der Waals surface area (Å²) in [5.74, 6) is 0. The molecule has 2 aromatic carbocycles. The highest BCUT2D eigenvalue weighted by Gasteiger charge is 2.00. The van der Waals surface area contributed by atoms with Gasteiger partial charge in [-0.1, -0.05) is 36.4 Å². The van der Waals surface area contributed by atoms with Crippen LogP contribution in [-0.2, 0) is 19.7 Å². The Hall–Kier alpha value is -1.89. The molecule has 0 saturated heterocycles. The molecule has 5 nitrogen and oxygen atoms in total. The third-order valence-electron chi connectivity index (χ3n) is 2.77. The summed E-state index contributed by atoms with van der Waals surface area (Å²) in [5, 5.41) is 6.32. The minimum absolute atomic E-state index is 0.313. The van der Waals surface area contributed by atoms with Crippen molar-refractivity contribution in [3.8, 4) is 0 Å². The van der Waals surface area contributed by atoms with Gasteiger partial charge in [0.15, 0.2) is 0 Å². The van der Waals surface area contributed by atoms with E-state index in [9.17, 15) is 4.21 Å². The second kappa shape index (κ2) is 9.94. The van der Waals surface area contributed by atoms with Gasteiger partial charge in [-0.3, -0.25) is 8.37 Å². The molecule has 0 amide bonds. The van der Waals surface area contributed by atoms with Gasteiger partial charge >= 0.3 is 11.4 Å². The highest BCUT2D eigenvalue weighted by Crippen LogP contribution is 2.05. The van der Waals surface area contributed by atoms with Crippen LogP contribution >= 0.6 is 0 Å². The Labute approximate surface area is 133 Å². The fraction of sp³-hybridized carbons (Fsp3) is 0.250. The quantitative estimate of drug-likeness (QED) is 0.659. The monoisotopic (exact) mass is 320 g/mol. The van der Waals surface area contributed by atoms with Crippen molar-refractivity contribution >= 4 is 22.7 Å². The van der Waals surface area contributed by atoms with Gasteiger partial charge in [0, 0.05) is 24.5 Å². The van der Waals surface area contributed by atoms with Gasteiger partial charge in [-0.25, -0.2) is 0 Å². The molecule has 2 rings (SSSR count). The van der Waals surface area contributed by atoms with Crippen molar-refractivity contribution in [2.75, 3.05) is 36.9 Å². The van der Waals surface area contributed by atoms with Gasteiger partial charge in [0.2, 0.25) is 0 Å². The van der Waals surface area contributed by atoms with Gasteiger partial charge in [-0.2, -0.15) is 4.21 Å². The van der Waals surface area contributed by atoms with E-state index in [1.165, 1.54) is 0 Å². The molecule has 22 heavy (non-hydrogen) atoms. The molecule has 2 aromatic rings. The summed E-state index contributed by atoms with van der Waals surface area (Å²) < 4.78 is 21.6. The first kappa shape index (κ1) is 16.5. The summed E-state index contributed by atoms with van der Waals surface area (Å²) in [6, 6.07) is 19.5. The normalized spacial score (nSPS) is 10.6. The molecular weight excluding hydrogens is 300 g/mol. The number of anilines is 2. The van der Waals surface area contributed by atoms with E-state index in [0.717, 1.165) is 11.4 Å². The summed E-state index contributed by atoms with van der Waals surface area (Å²) in [6.07, 6.45) is 0. The van der Waals surface area contributed by atoms with Crippen LogP contribution in [0.5, 0.6) is 0 Å². The van der Waals surface area contributed by atoms with Crippen LogP contribution in [0.15, 0.2) is 60.7 Å². The van der Waals surface area contributed by atoms with E-state index in [1.54, 1.807) is 0 Å². The Morgan fingerprint density at radius 1 is 0.727 bits per heavy atom. The lowest BCUT2D eigenvalue weighted by atomic mass is 10.3. The molecule has 118 valence electrons. The molecule has 0 saturated carbocycles. The molecule has 0 atom stereocenters. The van der Waals surface area contributed by atoms with E-state index < -0.39 is 11.4 Å². The van der Waals surface area contributed by atoms with Crippen molar-refractivity contribution in [3.63, 3.8) is 0 Å². The molecule has 0 aliphatic carbocycles. The zero-order valence-electron chi connectivity index (χ0n) is 12.2. The van der Waals surface area contributed by atoms with Crippen molar-refractivity contribution in [3.05, 3.63) is 60.7 Å². The van der Waals surface area contributed by atoms with Gasteiger partial charge in [0.05, 0.1) is 13.2 Å². The van der Waals surface area contributed by atoms with Gasteiger partial charge in [-0.15, -0.1) is 0 Å². The maximum Gasteiger partial charge on any atom is 0.304 e. The van der Waals surface area contributed by atoms with Gasteiger partial charge < -0.3 is 10.6 Å². The Bertz CT molecular complexity index is 502. The fourth-order valence-corrected chi connectivity index (χ4v) is 2.26. The first-order valence-electron chi connectivity index (χ1n) is 7.11. The SMILES string of the molecule is O=S(OCCNc1ccccc1)OCCNc1ccccc1. The average molecular weight is 320 g/mol. The Morgan fingerprint density at radius 2 is 1.14 bits per heavy atom. The predicted octanol–water partition coefficient (Wildman–Crippen LogP) is 2.82. The van der Waals surface area contributed by atoms with Crippen molar-refractivity contribution in [2.45, 2.75) is 0 Å². The van der Waals surface area contributed by atoms with Crippen LogP contribution in [0.4, 0.5) is 11.4 Å². The maximum absolute atomic E-state index is 11.5. The molecule has 0 heterocycles. The molecule has 0 aliphatic heterocycles. The summed E-state index contributed by atoms with van der Waals surface area (Å²) in [7, 11) is 0. The van der Waals surface area contributed by atoms with E-state index in [0.29, 0.717) is 26.3 Å². The first-order chi connectivity index (χ1) is 10.8. The zero-order valence-corrected chi connectivity index (χ0v) is 13.1. The molecule has 0 unspecified atom stereocenters. The van der Waals surface area contributed by atoms with Crippen LogP contribution in [0.2, 0.25) is 0 Å². The molecule has 6 heteroatoms. The van der Waals surface area contributed by atoms with Gasteiger partial charge in [0.1, 0.15) is 0 Å². The summed E-state index contributed by atoms with van der Waals surface area (Å²) in [4.78, 5) is 0. The molecule has 0 aliphatic rings. The van der Waals surface area contributed by atoms with E-state index in [1.807, 2.05) is 60.7 Å². The molecule has 0 fully saturated rings. The number of rotatable bonds is 10. The third kappa shape index (κ3) is 6.71. The van der Waals surface area contributed by atoms with E-state index in [-0.39, 0.29) is 0 Å². The lowest BCUT2D eigenvalue weighted by molar-refractivity contribution is 0.263. The van der Waals surface area contributed by atoms with Gasteiger partial charge in [0.25, 0.3) is 0 Å². The highest BCUT2D eigenvalue weighted by molar-refractivity contribution is 7.75. The van der Waals surface area contributed by atoms with Gasteiger partial charge in [-0.05, 0) is 24.3 Å². The third-order valence-corrected chi connectivity index (χ3v) is 3.49. The molecular formula is C16H20N2O3S. The summed E-state index contributed by atoms with van der Waals surface area (Å²) in [6.45, 7) is 1.77. The number of hydrogen-bond acceptors (Lipinski definition) is 5. The fourth-order valence-electron chi connectivity index (χ4n) is 1.76. The minimum atomic E-state index is -1.72. The van der Waals surface area contributed by atoms with Crippen molar-refractivity contribution < 1.29 is 12.6 Å². The van der Waals surface area contributed by atoms with Crippen LogP contribution < -0.4 is 10.6 Å². The van der Waals surface area contributed by atoms with E-state index in [2.05, 4.69) is 10.6 Å². The van der Waals surface area contributed by atoms with Crippen LogP contribution in [0.1, 0.15) is 0 Å². The first-order valence-corrected chi connectivity index (χ1v) is 8.11. The van der Waals surface area contributed by atoms with Crippen LogP contribution in [0.3, 0.4) is 0 Å². The number of hydrogen-bond donors (Lipinski definition) is 2. The maximum atomic E-state index is 11.5. The van der Waals surface area contributed by atoms with Crippen molar-refractivity contribution in [1.29, 1.82) is 0 Å². The summed E-state index contributed by atoms with van der Waals surface area (Å²) in [5.41, 5.74) is 2.01. The minimum Gasteiger partial charge on any atom is -0.383 e. The van der Waals surface area contributed by atoms with Crippen LogP contribution in [0, 0.1) is 0 Å². The Morgan fingerprint density at radius 3 is 1.55 bits per heavy atom. The largest absolute Gasteiger partial charge is 0.383 e. The average Bonchev–Trinajstić information content (AvgIpc) is 2.57. The van der Waals surface area contributed by atoms with E-state index in [4.69, 9.17) is 8.37 Å². The standard InChI is InChI=1S/C16H20N2O3S/c19-22(20-13-11-17-15-7-3-1-4-8-15)21-14-12-18-16-9-5-2-6-10-16/h1-10,17-18H,11-14H2. The number of benzene rings is 2. The predicted molar refractivity (Wildman–Crippen MR) is 89.9 cm³/mol. The lowest BCUT2D eigenvalue weighted by Crippen LogP contribution is -2.15. The van der Waals surface area contributed by atoms with Crippen molar-refractivity contribution in [2.24, 2.45) is 0 Å². The Balaban J connectivity index is 1.49. The summed E-state index contributed by atoms with van der Waals surface area (Å²) >= 11 is -1.72.